The van der Waals surface area contributed by atoms with E-state index in [2.05, 4.69) is 15.3 Å². The Balaban J connectivity index is 1.72. The molecule has 24 heavy (non-hydrogen) atoms. The summed E-state index contributed by atoms with van der Waals surface area (Å²) in [4.78, 5) is 20.1. The number of hydrogen-bond donors (Lipinski definition) is 2. The smallest absolute Gasteiger partial charge is 0.240 e. The predicted molar refractivity (Wildman–Crippen MR) is 94.2 cm³/mol. The first-order valence-corrected chi connectivity index (χ1v) is 7.68. The van der Waals surface area contributed by atoms with Crippen molar-refractivity contribution >= 4 is 11.7 Å². The molecule has 120 valence electrons. The van der Waals surface area contributed by atoms with Crippen molar-refractivity contribution in [2.45, 2.75) is 12.5 Å². The Kier molecular flexibility index (Phi) is 4.81. The van der Waals surface area contributed by atoms with E-state index < -0.39 is 11.9 Å². The van der Waals surface area contributed by atoms with Crippen molar-refractivity contribution in [2.24, 2.45) is 5.73 Å². The van der Waals surface area contributed by atoms with Gasteiger partial charge in [0, 0.05) is 30.6 Å². The first-order valence-electron chi connectivity index (χ1n) is 7.68. The van der Waals surface area contributed by atoms with Crippen LogP contribution < -0.4 is 11.1 Å². The van der Waals surface area contributed by atoms with Crippen LogP contribution in [-0.2, 0) is 11.2 Å². The number of anilines is 1. The number of benzene rings is 1. The van der Waals surface area contributed by atoms with Crippen LogP contribution in [0.25, 0.3) is 11.1 Å². The first-order chi connectivity index (χ1) is 11.7. The minimum Gasteiger partial charge on any atom is -0.368 e. The van der Waals surface area contributed by atoms with E-state index in [4.69, 9.17) is 5.73 Å². The monoisotopic (exact) mass is 318 g/mol. The van der Waals surface area contributed by atoms with Crippen molar-refractivity contribution in [3.8, 4) is 11.1 Å². The van der Waals surface area contributed by atoms with Crippen molar-refractivity contribution in [3.63, 3.8) is 0 Å². The average Bonchev–Trinajstić information content (AvgIpc) is 2.63. The maximum absolute atomic E-state index is 11.7. The number of carbonyl (C=O) groups is 1. The van der Waals surface area contributed by atoms with E-state index in [1.54, 1.807) is 18.6 Å². The molecule has 0 aliphatic carbocycles. The molecule has 0 unspecified atom stereocenters. The molecule has 2 heterocycles. The maximum atomic E-state index is 11.7. The van der Waals surface area contributed by atoms with Crippen LogP contribution >= 0.6 is 0 Å². The van der Waals surface area contributed by atoms with Crippen LogP contribution in [0.4, 0.5) is 5.82 Å². The molecule has 1 aromatic carbocycles. The summed E-state index contributed by atoms with van der Waals surface area (Å²) in [5.74, 6) is 0.214. The predicted octanol–water partition coefficient (Wildman–Crippen LogP) is 2.65. The molecular formula is C19H18N4O. The van der Waals surface area contributed by atoms with Crippen LogP contribution in [0.5, 0.6) is 0 Å². The topological polar surface area (TPSA) is 80.9 Å². The molecule has 1 atom stereocenters. The molecule has 3 rings (SSSR count). The maximum Gasteiger partial charge on any atom is 0.240 e. The lowest BCUT2D eigenvalue weighted by molar-refractivity contribution is -0.118. The molecular weight excluding hydrogens is 300 g/mol. The average molecular weight is 318 g/mol. The highest BCUT2D eigenvalue weighted by molar-refractivity contribution is 5.83. The summed E-state index contributed by atoms with van der Waals surface area (Å²) >= 11 is 0. The molecule has 0 aliphatic heterocycles. The summed E-state index contributed by atoms with van der Waals surface area (Å²) in [5.41, 5.74) is 8.59. The molecule has 0 spiro atoms. The second-order valence-electron chi connectivity index (χ2n) is 5.46. The number of nitrogens with one attached hydrogen (secondary N) is 1. The number of pyridine rings is 2. The fraction of sp³-hybridized carbons (Fsp3) is 0.105. The van der Waals surface area contributed by atoms with Gasteiger partial charge in [0.05, 0.1) is 0 Å². The van der Waals surface area contributed by atoms with Crippen LogP contribution in [0.3, 0.4) is 0 Å². The number of nitrogens with zero attached hydrogens (tertiary/aromatic N) is 2. The second-order valence-corrected chi connectivity index (χ2v) is 5.46. The molecule has 0 saturated heterocycles. The molecule has 0 aliphatic rings. The number of nitrogens with two attached hydrogens (primary N) is 1. The molecule has 1 amide bonds. The molecule has 0 radical (unpaired) electrons. The zero-order valence-corrected chi connectivity index (χ0v) is 13.1. The zero-order chi connectivity index (χ0) is 16.8. The standard InChI is InChI=1S/C19H18N4O/c20-19(24)17(12-14-4-2-1-3-5-14)23-18-7-6-16(13-22-18)15-8-10-21-11-9-15/h1-11,13,17H,12H2,(H2,20,24)(H,22,23)/t17-/m0/s1. The van der Waals surface area contributed by atoms with Crippen LogP contribution in [-0.4, -0.2) is 21.9 Å². The highest BCUT2D eigenvalue weighted by Crippen LogP contribution is 2.19. The summed E-state index contributed by atoms with van der Waals surface area (Å²) in [7, 11) is 0. The Morgan fingerprint density at radius 1 is 1.00 bits per heavy atom. The summed E-state index contributed by atoms with van der Waals surface area (Å²) in [5, 5.41) is 3.11. The number of rotatable bonds is 6. The molecule has 2 aromatic heterocycles. The first kappa shape index (κ1) is 15.7. The van der Waals surface area contributed by atoms with Crippen LogP contribution in [0.1, 0.15) is 5.56 Å². The van der Waals surface area contributed by atoms with Crippen molar-refractivity contribution in [1.82, 2.24) is 9.97 Å². The van der Waals surface area contributed by atoms with Crippen molar-refractivity contribution < 1.29 is 4.79 Å². The van der Waals surface area contributed by atoms with Gasteiger partial charge in [0.2, 0.25) is 5.91 Å². The van der Waals surface area contributed by atoms with Gasteiger partial charge >= 0.3 is 0 Å². The van der Waals surface area contributed by atoms with Gasteiger partial charge in [-0.15, -0.1) is 0 Å². The van der Waals surface area contributed by atoms with E-state index in [9.17, 15) is 4.79 Å². The van der Waals surface area contributed by atoms with E-state index in [0.717, 1.165) is 16.7 Å². The number of amides is 1. The Labute approximate surface area is 140 Å². The Morgan fingerprint density at radius 3 is 2.38 bits per heavy atom. The number of aromatic nitrogens is 2. The lowest BCUT2D eigenvalue weighted by Gasteiger charge is -2.16. The molecule has 0 fully saturated rings. The SMILES string of the molecule is NC(=O)[C@H](Cc1ccccc1)Nc1ccc(-c2ccncc2)cn1. The van der Waals surface area contributed by atoms with Gasteiger partial charge in [-0.25, -0.2) is 4.98 Å². The van der Waals surface area contributed by atoms with E-state index in [1.165, 1.54) is 0 Å². The highest BCUT2D eigenvalue weighted by atomic mass is 16.1. The third-order valence-corrected chi connectivity index (χ3v) is 3.73. The minimum absolute atomic E-state index is 0.404. The number of hydrogen-bond acceptors (Lipinski definition) is 4. The summed E-state index contributed by atoms with van der Waals surface area (Å²) in [6.07, 6.45) is 5.76. The Morgan fingerprint density at radius 2 is 1.75 bits per heavy atom. The van der Waals surface area contributed by atoms with Gasteiger partial charge in [-0.05, 0) is 35.4 Å². The van der Waals surface area contributed by atoms with Crippen molar-refractivity contribution in [3.05, 3.63) is 78.8 Å². The largest absolute Gasteiger partial charge is 0.368 e. The van der Waals surface area contributed by atoms with E-state index in [-0.39, 0.29) is 0 Å². The Bertz CT molecular complexity index is 789. The van der Waals surface area contributed by atoms with Crippen LogP contribution in [0.2, 0.25) is 0 Å². The normalized spacial score (nSPS) is 11.7. The molecule has 0 bridgehead atoms. The van der Waals surface area contributed by atoms with Crippen molar-refractivity contribution in [1.29, 1.82) is 0 Å². The summed E-state index contributed by atoms with van der Waals surface area (Å²) in [6, 6.07) is 16.9. The van der Waals surface area contributed by atoms with E-state index in [0.29, 0.717) is 12.2 Å². The Hall–Kier alpha value is -3.21. The summed E-state index contributed by atoms with van der Waals surface area (Å²) < 4.78 is 0. The fourth-order valence-corrected chi connectivity index (χ4v) is 2.45. The van der Waals surface area contributed by atoms with E-state index in [1.807, 2.05) is 54.6 Å². The molecule has 5 nitrogen and oxygen atoms in total. The van der Waals surface area contributed by atoms with Crippen LogP contribution in [0, 0.1) is 0 Å². The van der Waals surface area contributed by atoms with Crippen molar-refractivity contribution in [2.75, 3.05) is 5.32 Å². The molecule has 5 heteroatoms. The second kappa shape index (κ2) is 7.37. The van der Waals surface area contributed by atoms with Gasteiger partial charge in [-0.2, -0.15) is 0 Å². The van der Waals surface area contributed by atoms with Gasteiger partial charge in [0.1, 0.15) is 11.9 Å². The third-order valence-electron chi connectivity index (χ3n) is 3.73. The quantitative estimate of drug-likeness (QED) is 0.732. The highest BCUT2D eigenvalue weighted by Gasteiger charge is 2.16. The minimum atomic E-state index is -0.508. The number of carbonyl (C=O) groups excluding carboxylic acids is 1. The van der Waals surface area contributed by atoms with Crippen LogP contribution in [0.15, 0.2) is 73.2 Å². The molecule has 0 saturated carbocycles. The molecule has 3 N–H and O–H groups in total. The van der Waals surface area contributed by atoms with Gasteiger partial charge in [-0.1, -0.05) is 30.3 Å². The summed E-state index contributed by atoms with van der Waals surface area (Å²) in [6.45, 7) is 0. The lowest BCUT2D eigenvalue weighted by atomic mass is 10.1. The van der Waals surface area contributed by atoms with Gasteiger partial charge in [-0.3, -0.25) is 9.78 Å². The van der Waals surface area contributed by atoms with Gasteiger partial charge in [0.15, 0.2) is 0 Å². The number of primary amides is 1. The van der Waals surface area contributed by atoms with Gasteiger partial charge in [0.25, 0.3) is 0 Å². The lowest BCUT2D eigenvalue weighted by Crippen LogP contribution is -2.37. The fourth-order valence-electron chi connectivity index (χ4n) is 2.45. The zero-order valence-electron chi connectivity index (χ0n) is 13.1. The van der Waals surface area contributed by atoms with Gasteiger partial charge < -0.3 is 11.1 Å². The molecule has 3 aromatic rings. The van der Waals surface area contributed by atoms with E-state index >= 15 is 0 Å². The third kappa shape index (κ3) is 3.95.